The number of hydrogen-bond donors (Lipinski definition) is 0. The molecule has 0 aromatic heterocycles. The Labute approximate surface area is 140 Å². The van der Waals surface area contributed by atoms with Crippen LogP contribution in [0, 0.1) is 11.8 Å². The lowest BCUT2D eigenvalue weighted by atomic mass is 9.78. The lowest BCUT2D eigenvalue weighted by Crippen LogP contribution is -2.15. The fourth-order valence-electron chi connectivity index (χ4n) is 3.45. The maximum Gasteiger partial charge on any atom is 0.119 e. The minimum absolute atomic E-state index is 0.810. The van der Waals surface area contributed by atoms with E-state index < -0.39 is 0 Å². The molecule has 0 aliphatic heterocycles. The molecule has 3 heteroatoms. The Kier molecular flexibility index (Phi) is 7.62. The van der Waals surface area contributed by atoms with Gasteiger partial charge < -0.3 is 4.74 Å². The fourth-order valence-corrected chi connectivity index (χ4v) is 3.55. The van der Waals surface area contributed by atoms with Gasteiger partial charge in [-0.05, 0) is 61.2 Å². The molecule has 22 heavy (non-hydrogen) atoms. The molecule has 0 amide bonds. The number of isothiocyanates is 1. The molecular formula is C19H27NOS. The Bertz CT molecular complexity index is 471. The second kappa shape index (κ2) is 9.76. The lowest BCUT2D eigenvalue weighted by molar-refractivity contribution is 0.230. The van der Waals surface area contributed by atoms with Crippen molar-refractivity contribution >= 4 is 23.1 Å². The van der Waals surface area contributed by atoms with Crippen molar-refractivity contribution in [1.29, 1.82) is 0 Å². The molecule has 1 aromatic rings. The first-order chi connectivity index (χ1) is 10.8. The van der Waals surface area contributed by atoms with E-state index in [2.05, 4.69) is 29.3 Å². The summed E-state index contributed by atoms with van der Waals surface area (Å²) in [7, 11) is 0. The lowest BCUT2D eigenvalue weighted by Gasteiger charge is -2.28. The van der Waals surface area contributed by atoms with Gasteiger partial charge >= 0.3 is 0 Å². The number of nitrogens with zero attached hydrogens (tertiary/aromatic N) is 1. The number of rotatable bonds is 8. The van der Waals surface area contributed by atoms with Crippen LogP contribution in [0.1, 0.15) is 58.3 Å². The summed E-state index contributed by atoms with van der Waals surface area (Å²) in [6, 6.07) is 7.70. The fraction of sp³-hybridized carbons (Fsp3) is 0.632. The highest BCUT2D eigenvalue weighted by molar-refractivity contribution is 7.78. The van der Waals surface area contributed by atoms with Gasteiger partial charge in [-0.3, -0.25) is 0 Å². The first kappa shape index (κ1) is 17.2. The zero-order chi connectivity index (χ0) is 15.6. The average Bonchev–Trinajstić information content (AvgIpc) is 2.55. The summed E-state index contributed by atoms with van der Waals surface area (Å²) in [5, 5.41) is 2.37. The van der Waals surface area contributed by atoms with Crippen LogP contribution >= 0.6 is 12.2 Å². The van der Waals surface area contributed by atoms with Gasteiger partial charge in [0.15, 0.2) is 0 Å². The highest BCUT2D eigenvalue weighted by atomic mass is 32.1. The van der Waals surface area contributed by atoms with Crippen molar-refractivity contribution in [2.75, 3.05) is 6.61 Å². The van der Waals surface area contributed by atoms with E-state index in [0.717, 1.165) is 36.3 Å². The van der Waals surface area contributed by atoms with Crippen LogP contribution in [-0.2, 0) is 0 Å². The summed E-state index contributed by atoms with van der Waals surface area (Å²) < 4.78 is 5.80. The number of ether oxygens (including phenoxy) is 1. The van der Waals surface area contributed by atoms with Crippen LogP contribution in [0.25, 0.3) is 0 Å². The molecule has 1 aliphatic carbocycles. The van der Waals surface area contributed by atoms with E-state index in [1.165, 1.54) is 44.9 Å². The first-order valence-corrected chi connectivity index (χ1v) is 9.03. The second-order valence-corrected chi connectivity index (χ2v) is 6.55. The maximum atomic E-state index is 5.80. The molecule has 1 saturated carbocycles. The SMILES string of the molecule is CCCC1CCC(CCCOc2ccc(N=C=S)cc2)CC1. The Hall–Kier alpha value is -1.18. The van der Waals surface area contributed by atoms with Crippen molar-refractivity contribution in [2.24, 2.45) is 16.8 Å². The van der Waals surface area contributed by atoms with Crippen molar-refractivity contribution in [3.8, 4) is 5.75 Å². The number of thiocarbonyl (C=S) groups is 1. The third kappa shape index (κ3) is 5.90. The molecule has 1 aromatic carbocycles. The molecule has 0 heterocycles. The minimum Gasteiger partial charge on any atom is -0.494 e. The highest BCUT2D eigenvalue weighted by Crippen LogP contribution is 2.33. The predicted octanol–water partition coefficient (Wildman–Crippen LogP) is 6.19. The molecule has 0 radical (unpaired) electrons. The molecule has 0 atom stereocenters. The van der Waals surface area contributed by atoms with Crippen LogP contribution in [0.15, 0.2) is 29.3 Å². The molecule has 0 bridgehead atoms. The molecule has 0 unspecified atom stereocenters. The molecule has 2 rings (SSSR count). The number of benzene rings is 1. The van der Waals surface area contributed by atoms with Gasteiger partial charge in [0.1, 0.15) is 5.75 Å². The second-order valence-electron chi connectivity index (χ2n) is 6.36. The van der Waals surface area contributed by atoms with Gasteiger partial charge in [0, 0.05) is 0 Å². The summed E-state index contributed by atoms with van der Waals surface area (Å²) in [6.07, 6.45) is 11.0. The van der Waals surface area contributed by atoms with Crippen LogP contribution in [0.5, 0.6) is 5.75 Å². The molecule has 0 spiro atoms. The van der Waals surface area contributed by atoms with Gasteiger partial charge in [0.25, 0.3) is 0 Å². The van der Waals surface area contributed by atoms with Gasteiger partial charge in [-0.15, -0.1) is 0 Å². The van der Waals surface area contributed by atoms with Crippen LogP contribution < -0.4 is 4.74 Å². The molecule has 0 saturated heterocycles. The smallest absolute Gasteiger partial charge is 0.119 e. The number of aliphatic imine (C=N–C) groups is 1. The van der Waals surface area contributed by atoms with E-state index in [0.29, 0.717) is 0 Å². The van der Waals surface area contributed by atoms with Crippen LogP contribution in [0.4, 0.5) is 5.69 Å². The van der Waals surface area contributed by atoms with E-state index in [-0.39, 0.29) is 0 Å². The van der Waals surface area contributed by atoms with E-state index in [1.54, 1.807) is 0 Å². The van der Waals surface area contributed by atoms with Crippen molar-refractivity contribution in [3.63, 3.8) is 0 Å². The molecule has 120 valence electrons. The van der Waals surface area contributed by atoms with Gasteiger partial charge in [-0.25, -0.2) is 0 Å². The molecular weight excluding hydrogens is 290 g/mol. The van der Waals surface area contributed by atoms with Gasteiger partial charge in [0.2, 0.25) is 0 Å². The minimum atomic E-state index is 0.810. The standard InChI is InChI=1S/C19H27NOS/c1-2-4-16-6-8-17(9-7-16)5-3-14-21-19-12-10-18(11-13-19)20-15-22/h10-13,16-17H,2-9,14H2,1H3. The molecule has 1 aliphatic rings. The van der Waals surface area contributed by atoms with Crippen molar-refractivity contribution in [3.05, 3.63) is 24.3 Å². The molecule has 1 fully saturated rings. The Morgan fingerprint density at radius 1 is 1.09 bits per heavy atom. The summed E-state index contributed by atoms with van der Waals surface area (Å²) in [5.74, 6) is 2.84. The van der Waals surface area contributed by atoms with E-state index in [4.69, 9.17) is 4.74 Å². The third-order valence-corrected chi connectivity index (χ3v) is 4.79. The summed E-state index contributed by atoms with van der Waals surface area (Å²) in [4.78, 5) is 3.93. The van der Waals surface area contributed by atoms with Crippen LogP contribution in [-0.4, -0.2) is 11.8 Å². The monoisotopic (exact) mass is 317 g/mol. The summed E-state index contributed by atoms with van der Waals surface area (Å²) >= 11 is 4.59. The van der Waals surface area contributed by atoms with Crippen molar-refractivity contribution in [2.45, 2.75) is 58.3 Å². The Balaban J connectivity index is 1.60. The van der Waals surface area contributed by atoms with Gasteiger partial charge in [-0.2, -0.15) is 4.99 Å². The van der Waals surface area contributed by atoms with E-state index in [9.17, 15) is 0 Å². The normalized spacial score (nSPS) is 21.1. The third-order valence-electron chi connectivity index (χ3n) is 4.70. The number of hydrogen-bond acceptors (Lipinski definition) is 3. The van der Waals surface area contributed by atoms with E-state index in [1.807, 2.05) is 24.3 Å². The molecule has 2 nitrogen and oxygen atoms in total. The zero-order valence-corrected chi connectivity index (χ0v) is 14.4. The van der Waals surface area contributed by atoms with Crippen molar-refractivity contribution in [1.82, 2.24) is 0 Å². The summed E-state index contributed by atoms with van der Waals surface area (Å²) in [6.45, 7) is 3.11. The highest BCUT2D eigenvalue weighted by Gasteiger charge is 2.19. The Morgan fingerprint density at radius 2 is 1.73 bits per heavy atom. The van der Waals surface area contributed by atoms with Gasteiger partial charge in [-0.1, -0.05) is 45.4 Å². The first-order valence-electron chi connectivity index (χ1n) is 8.62. The van der Waals surface area contributed by atoms with Gasteiger partial charge in [0.05, 0.1) is 17.5 Å². The van der Waals surface area contributed by atoms with Crippen molar-refractivity contribution < 1.29 is 4.74 Å². The predicted molar refractivity (Wildman–Crippen MR) is 96.2 cm³/mol. The van der Waals surface area contributed by atoms with Crippen LogP contribution in [0.3, 0.4) is 0 Å². The van der Waals surface area contributed by atoms with E-state index >= 15 is 0 Å². The maximum absolute atomic E-state index is 5.80. The zero-order valence-electron chi connectivity index (χ0n) is 13.6. The largest absolute Gasteiger partial charge is 0.494 e. The topological polar surface area (TPSA) is 21.6 Å². The molecule has 0 N–H and O–H groups in total. The Morgan fingerprint density at radius 3 is 2.32 bits per heavy atom. The van der Waals surface area contributed by atoms with Crippen LogP contribution in [0.2, 0.25) is 0 Å². The summed E-state index contributed by atoms with van der Waals surface area (Å²) in [5.41, 5.74) is 0.825. The quantitative estimate of drug-likeness (QED) is 0.324. The average molecular weight is 317 g/mol.